The molecule has 0 spiro atoms. The van der Waals surface area contributed by atoms with Gasteiger partial charge in [0.15, 0.2) is 0 Å². The standard InChI is InChI=1S/C19H24N2.2C2H6.2Y/c1-4-20(3)16-19(17-12-8-6-9-13-17)21(5-2)18-14-10-7-11-15-18;2*1-2;;/h6,8-14,19H,4-5,16H2,1-3H3;2*1-2H3;;/q-2;;;;. The Hall–Kier alpha value is 0.408. The first-order valence-corrected chi connectivity index (χ1v) is 9.64. The van der Waals surface area contributed by atoms with Gasteiger partial charge in [0, 0.05) is 78.5 Å². The summed E-state index contributed by atoms with van der Waals surface area (Å²) in [6.45, 7) is 15.4. The van der Waals surface area contributed by atoms with E-state index in [0.29, 0.717) is 6.04 Å². The second kappa shape index (κ2) is 21.1. The average molecular weight is 518 g/mol. The maximum absolute atomic E-state index is 3.31. The molecule has 0 aliphatic carbocycles. The topological polar surface area (TPSA) is 6.48 Å². The molecule has 0 aliphatic heterocycles. The summed E-state index contributed by atoms with van der Waals surface area (Å²) in [6.07, 6.45) is 0. The van der Waals surface area contributed by atoms with Crippen LogP contribution in [0.1, 0.15) is 53.1 Å². The molecule has 2 aromatic carbocycles. The van der Waals surface area contributed by atoms with Gasteiger partial charge in [-0.05, 0) is 26.1 Å². The molecule has 2 aromatic rings. The van der Waals surface area contributed by atoms with Crippen LogP contribution in [0.3, 0.4) is 0 Å². The van der Waals surface area contributed by atoms with Gasteiger partial charge in [0.1, 0.15) is 0 Å². The third-order valence-electron chi connectivity index (χ3n) is 3.88. The molecule has 0 fully saturated rings. The largest absolute Gasteiger partial charge is 0.408 e. The minimum atomic E-state index is 0. The molecule has 0 aliphatic rings. The zero-order valence-electron chi connectivity index (χ0n) is 18.4. The molecule has 2 nitrogen and oxygen atoms in total. The van der Waals surface area contributed by atoms with Crippen molar-refractivity contribution in [2.24, 2.45) is 0 Å². The molecule has 0 saturated heterocycles. The Morgan fingerprint density at radius 2 is 1.48 bits per heavy atom. The molecule has 0 amide bonds. The zero-order valence-corrected chi connectivity index (χ0v) is 24.0. The van der Waals surface area contributed by atoms with Gasteiger partial charge in [-0.1, -0.05) is 65.0 Å². The van der Waals surface area contributed by atoms with Gasteiger partial charge in [-0.15, -0.1) is 0 Å². The molecule has 2 radical (unpaired) electrons. The van der Waals surface area contributed by atoms with Gasteiger partial charge >= 0.3 is 0 Å². The molecular weight excluding hydrogens is 482 g/mol. The van der Waals surface area contributed by atoms with Gasteiger partial charge in [-0.2, -0.15) is 5.69 Å². The number of hydrogen-bond acceptors (Lipinski definition) is 2. The van der Waals surface area contributed by atoms with Crippen molar-refractivity contribution in [2.45, 2.75) is 47.6 Å². The number of hydrogen-bond donors (Lipinski definition) is 0. The molecule has 27 heavy (non-hydrogen) atoms. The van der Waals surface area contributed by atoms with Gasteiger partial charge in [-0.25, -0.2) is 0 Å². The van der Waals surface area contributed by atoms with Crippen LogP contribution in [0.2, 0.25) is 0 Å². The molecule has 0 aromatic heterocycles. The molecular formula is C23H36N2Y2-2. The summed E-state index contributed by atoms with van der Waals surface area (Å²) in [4.78, 5) is 4.77. The van der Waals surface area contributed by atoms with E-state index in [9.17, 15) is 0 Å². The SMILES string of the molecule is CC.CC.CCN(C)CC(c1ccccc1)N(CC)c1[c-]c[c-]cc1.[Y].[Y]. The summed E-state index contributed by atoms with van der Waals surface area (Å²) in [5.41, 5.74) is 2.48. The van der Waals surface area contributed by atoms with Crippen LogP contribution in [-0.4, -0.2) is 31.6 Å². The number of likely N-dealkylation sites (N-methyl/N-ethyl adjacent to an activating group) is 2. The summed E-state index contributed by atoms with van der Waals surface area (Å²) in [5, 5.41) is 0. The van der Waals surface area contributed by atoms with Crippen LogP contribution in [0.15, 0.2) is 48.5 Å². The van der Waals surface area contributed by atoms with Gasteiger partial charge < -0.3 is 28.0 Å². The van der Waals surface area contributed by atoms with Crippen LogP contribution in [0, 0.1) is 12.1 Å². The van der Waals surface area contributed by atoms with E-state index in [-0.39, 0.29) is 65.4 Å². The first kappa shape index (κ1) is 32.1. The Labute approximate surface area is 219 Å². The van der Waals surface area contributed by atoms with Crippen LogP contribution < -0.4 is 4.90 Å². The summed E-state index contributed by atoms with van der Waals surface area (Å²) >= 11 is 0. The summed E-state index contributed by atoms with van der Waals surface area (Å²) in [6, 6.07) is 23.3. The number of benzene rings is 2. The Morgan fingerprint density at radius 1 is 0.889 bits per heavy atom. The normalized spacial score (nSPS) is 10.1. The molecule has 2 rings (SSSR count). The third-order valence-corrected chi connectivity index (χ3v) is 3.88. The van der Waals surface area contributed by atoms with Crippen LogP contribution in [-0.2, 0) is 65.4 Å². The van der Waals surface area contributed by atoms with Crippen molar-refractivity contribution >= 4 is 5.69 Å². The van der Waals surface area contributed by atoms with E-state index in [0.717, 1.165) is 25.3 Å². The maximum atomic E-state index is 3.31. The Morgan fingerprint density at radius 3 is 1.93 bits per heavy atom. The van der Waals surface area contributed by atoms with Crippen molar-refractivity contribution in [3.05, 3.63) is 66.2 Å². The summed E-state index contributed by atoms with van der Waals surface area (Å²) < 4.78 is 0. The number of anilines is 1. The van der Waals surface area contributed by atoms with E-state index >= 15 is 0 Å². The van der Waals surface area contributed by atoms with E-state index in [1.807, 2.05) is 39.8 Å². The summed E-state index contributed by atoms with van der Waals surface area (Å²) in [7, 11) is 2.17. The first-order chi connectivity index (χ1) is 12.3. The Bertz CT molecular complexity index is 520. The van der Waals surface area contributed by atoms with Crippen LogP contribution in [0.4, 0.5) is 5.69 Å². The van der Waals surface area contributed by atoms with Crippen LogP contribution in [0.25, 0.3) is 0 Å². The Balaban J connectivity index is -0.000000899. The first-order valence-electron chi connectivity index (χ1n) is 9.64. The fourth-order valence-electron chi connectivity index (χ4n) is 2.56. The molecule has 0 saturated carbocycles. The minimum Gasteiger partial charge on any atom is -0.408 e. The van der Waals surface area contributed by atoms with Crippen molar-refractivity contribution in [1.82, 2.24) is 4.90 Å². The van der Waals surface area contributed by atoms with E-state index < -0.39 is 0 Å². The quantitative estimate of drug-likeness (QED) is 0.425. The summed E-state index contributed by atoms with van der Waals surface area (Å²) in [5.74, 6) is 0. The molecule has 0 bridgehead atoms. The molecule has 0 N–H and O–H groups in total. The Kier molecular flexibility index (Phi) is 25.1. The maximum Gasteiger partial charge on any atom is 0.0628 e. The fraction of sp³-hybridized carbons (Fsp3) is 0.478. The van der Waals surface area contributed by atoms with Gasteiger partial charge in [-0.3, -0.25) is 12.1 Å². The molecule has 4 heteroatoms. The van der Waals surface area contributed by atoms with Gasteiger partial charge in [0.2, 0.25) is 0 Å². The number of nitrogens with zero attached hydrogens (tertiary/aromatic N) is 2. The van der Waals surface area contributed by atoms with Crippen LogP contribution >= 0.6 is 0 Å². The van der Waals surface area contributed by atoms with Crippen molar-refractivity contribution in [3.8, 4) is 0 Å². The minimum absolute atomic E-state index is 0. The average Bonchev–Trinajstić information content (AvgIpc) is 2.72. The van der Waals surface area contributed by atoms with E-state index in [1.165, 1.54) is 5.56 Å². The van der Waals surface area contributed by atoms with Crippen LogP contribution in [0.5, 0.6) is 0 Å². The second-order valence-electron chi connectivity index (χ2n) is 5.24. The van der Waals surface area contributed by atoms with Gasteiger partial charge in [0.25, 0.3) is 0 Å². The van der Waals surface area contributed by atoms with Crippen molar-refractivity contribution < 1.29 is 65.4 Å². The van der Waals surface area contributed by atoms with E-state index in [2.05, 4.69) is 79.2 Å². The molecule has 1 unspecified atom stereocenters. The van der Waals surface area contributed by atoms with E-state index in [1.54, 1.807) is 0 Å². The monoisotopic (exact) mass is 518 g/mol. The van der Waals surface area contributed by atoms with Gasteiger partial charge in [0.05, 0.1) is 6.04 Å². The molecule has 1 atom stereocenters. The molecule has 0 heterocycles. The van der Waals surface area contributed by atoms with Crippen molar-refractivity contribution in [3.63, 3.8) is 0 Å². The zero-order chi connectivity index (χ0) is 19.1. The third kappa shape index (κ3) is 11.9. The van der Waals surface area contributed by atoms with Crippen molar-refractivity contribution in [1.29, 1.82) is 0 Å². The smallest absolute Gasteiger partial charge is 0.0628 e. The van der Waals surface area contributed by atoms with Crippen molar-refractivity contribution in [2.75, 3.05) is 31.6 Å². The predicted molar refractivity (Wildman–Crippen MR) is 112 cm³/mol. The fourth-order valence-corrected chi connectivity index (χ4v) is 2.56. The predicted octanol–water partition coefficient (Wildman–Crippen LogP) is 5.85. The second-order valence-corrected chi connectivity index (χ2v) is 5.24. The molecule has 146 valence electrons. The van der Waals surface area contributed by atoms with E-state index in [4.69, 9.17) is 0 Å². The number of rotatable bonds is 7.